The van der Waals surface area contributed by atoms with Gasteiger partial charge in [-0.2, -0.15) is 13.2 Å². The highest BCUT2D eigenvalue weighted by Crippen LogP contribution is 2.36. The second-order valence-electron chi connectivity index (χ2n) is 6.31. The summed E-state index contributed by atoms with van der Waals surface area (Å²) in [6.07, 6.45) is -3.67. The van der Waals surface area contributed by atoms with E-state index in [2.05, 4.69) is 10.6 Å². The minimum absolute atomic E-state index is 0.0753. The highest BCUT2D eigenvalue weighted by molar-refractivity contribution is 5.56. The van der Waals surface area contributed by atoms with Crippen molar-refractivity contribution < 1.29 is 17.6 Å². The van der Waals surface area contributed by atoms with Crippen LogP contribution in [0, 0.1) is 5.82 Å². The molecule has 2 rings (SSSR count). The molecular formula is C19H23F4N3. The average Bonchev–Trinajstić information content (AvgIpc) is 2.57. The lowest BCUT2D eigenvalue weighted by atomic mass is 10.1. The fourth-order valence-electron chi connectivity index (χ4n) is 2.53. The molecule has 3 nitrogen and oxygen atoms in total. The normalized spacial score (nSPS) is 12.9. The van der Waals surface area contributed by atoms with Crippen LogP contribution in [-0.2, 0) is 0 Å². The van der Waals surface area contributed by atoms with E-state index < -0.39 is 18.0 Å². The summed E-state index contributed by atoms with van der Waals surface area (Å²) in [6.45, 7) is 1.44. The Hall–Kier alpha value is -2.28. The van der Waals surface area contributed by atoms with Gasteiger partial charge in [0.05, 0.1) is 5.69 Å². The van der Waals surface area contributed by atoms with E-state index in [1.165, 1.54) is 36.4 Å². The Labute approximate surface area is 151 Å². The largest absolute Gasteiger partial charge is 0.412 e. The van der Waals surface area contributed by atoms with Crippen LogP contribution >= 0.6 is 0 Å². The van der Waals surface area contributed by atoms with Crippen LogP contribution in [0.5, 0.6) is 0 Å². The van der Waals surface area contributed by atoms with Gasteiger partial charge in [-0.1, -0.05) is 30.3 Å². The van der Waals surface area contributed by atoms with Gasteiger partial charge in [0.15, 0.2) is 0 Å². The monoisotopic (exact) mass is 369 g/mol. The van der Waals surface area contributed by atoms with E-state index in [1.807, 2.05) is 19.0 Å². The third kappa shape index (κ3) is 5.91. The molecule has 2 aromatic rings. The molecule has 0 aliphatic heterocycles. The first kappa shape index (κ1) is 20.0. The quantitative estimate of drug-likeness (QED) is 0.512. The number of rotatable bonds is 8. The molecule has 1 atom stereocenters. The molecule has 0 saturated heterocycles. The summed E-state index contributed by atoms with van der Waals surface area (Å²) < 4.78 is 54.3. The maximum Gasteiger partial charge on any atom is 0.412 e. The smallest absolute Gasteiger partial charge is 0.383 e. The first-order valence-corrected chi connectivity index (χ1v) is 8.33. The van der Waals surface area contributed by atoms with Gasteiger partial charge >= 0.3 is 6.18 Å². The topological polar surface area (TPSA) is 27.3 Å². The summed E-state index contributed by atoms with van der Waals surface area (Å²) in [6, 6.07) is 9.58. The summed E-state index contributed by atoms with van der Waals surface area (Å²) in [4.78, 5) is 2.02. The van der Waals surface area contributed by atoms with Crippen LogP contribution in [0.4, 0.5) is 28.9 Å². The van der Waals surface area contributed by atoms with Crippen LogP contribution in [-0.4, -0.2) is 38.3 Å². The predicted octanol–water partition coefficient (Wildman–Crippen LogP) is 4.90. The van der Waals surface area contributed by atoms with Crippen molar-refractivity contribution in [2.45, 2.75) is 18.6 Å². The lowest BCUT2D eigenvalue weighted by molar-refractivity contribution is -0.144. The molecule has 0 aliphatic carbocycles. The van der Waals surface area contributed by atoms with Crippen molar-refractivity contribution >= 4 is 11.4 Å². The van der Waals surface area contributed by atoms with Crippen molar-refractivity contribution in [2.75, 3.05) is 37.8 Å². The van der Waals surface area contributed by atoms with Crippen LogP contribution in [0.1, 0.15) is 18.0 Å². The molecule has 0 saturated carbocycles. The molecule has 0 bridgehead atoms. The van der Waals surface area contributed by atoms with Gasteiger partial charge in [-0.15, -0.1) is 0 Å². The molecule has 0 aromatic heterocycles. The Kier molecular flexibility index (Phi) is 6.85. The first-order chi connectivity index (χ1) is 12.3. The van der Waals surface area contributed by atoms with Gasteiger partial charge in [0.25, 0.3) is 0 Å². The number of hydrogen-bond acceptors (Lipinski definition) is 3. The predicted molar refractivity (Wildman–Crippen MR) is 96.9 cm³/mol. The number of halogens is 4. The minimum atomic E-state index is -4.50. The Balaban J connectivity index is 2.07. The number of anilines is 2. The van der Waals surface area contributed by atoms with Gasteiger partial charge in [0.2, 0.25) is 0 Å². The average molecular weight is 369 g/mol. The van der Waals surface area contributed by atoms with Crippen LogP contribution in [0.3, 0.4) is 0 Å². The van der Waals surface area contributed by atoms with Crippen LogP contribution < -0.4 is 10.6 Å². The van der Waals surface area contributed by atoms with E-state index in [0.717, 1.165) is 19.0 Å². The number of nitrogens with one attached hydrogen (secondary N) is 2. The Bertz CT molecular complexity index is 687. The molecule has 0 heterocycles. The molecule has 0 radical (unpaired) electrons. The SMILES string of the molecule is CN(C)CCCNc1ccc(NC(c2ccccc2)C(F)(F)F)cc1F. The maximum atomic E-state index is 14.2. The van der Waals surface area contributed by atoms with E-state index >= 15 is 0 Å². The molecule has 0 amide bonds. The van der Waals surface area contributed by atoms with E-state index in [4.69, 9.17) is 0 Å². The number of hydrogen-bond donors (Lipinski definition) is 2. The summed E-state index contributed by atoms with van der Waals surface area (Å²) >= 11 is 0. The third-order valence-corrected chi connectivity index (χ3v) is 3.84. The van der Waals surface area contributed by atoms with Crippen molar-refractivity contribution in [3.05, 3.63) is 59.9 Å². The van der Waals surface area contributed by atoms with Crippen LogP contribution in [0.25, 0.3) is 0 Å². The summed E-state index contributed by atoms with van der Waals surface area (Å²) in [5.74, 6) is -0.589. The van der Waals surface area contributed by atoms with Gasteiger partial charge in [0.1, 0.15) is 11.9 Å². The maximum absolute atomic E-state index is 14.2. The summed E-state index contributed by atoms with van der Waals surface area (Å²) in [7, 11) is 3.90. The fourth-order valence-corrected chi connectivity index (χ4v) is 2.53. The Morgan fingerprint density at radius 3 is 2.31 bits per heavy atom. The zero-order chi connectivity index (χ0) is 19.2. The van der Waals surface area contributed by atoms with Crippen molar-refractivity contribution in [1.82, 2.24) is 4.90 Å². The standard InChI is InChI=1S/C19H23F4N3/c1-26(2)12-6-11-24-17-10-9-15(13-16(17)20)25-18(19(21,22)23)14-7-4-3-5-8-14/h3-5,7-10,13,18,24-25H,6,11-12H2,1-2H3. The molecule has 26 heavy (non-hydrogen) atoms. The highest BCUT2D eigenvalue weighted by Gasteiger charge is 2.40. The number of benzene rings is 2. The van der Waals surface area contributed by atoms with E-state index in [1.54, 1.807) is 6.07 Å². The zero-order valence-corrected chi connectivity index (χ0v) is 14.8. The Morgan fingerprint density at radius 1 is 1.04 bits per heavy atom. The molecule has 1 unspecified atom stereocenters. The highest BCUT2D eigenvalue weighted by atomic mass is 19.4. The van der Waals surface area contributed by atoms with E-state index in [0.29, 0.717) is 6.54 Å². The molecule has 2 N–H and O–H groups in total. The summed E-state index contributed by atoms with van der Waals surface area (Å²) in [5.41, 5.74) is 0.427. The molecule has 0 aliphatic rings. The van der Waals surface area contributed by atoms with Crippen molar-refractivity contribution in [3.8, 4) is 0 Å². The van der Waals surface area contributed by atoms with Gasteiger partial charge in [0, 0.05) is 12.2 Å². The van der Waals surface area contributed by atoms with Gasteiger partial charge < -0.3 is 15.5 Å². The third-order valence-electron chi connectivity index (χ3n) is 3.84. The van der Waals surface area contributed by atoms with Gasteiger partial charge in [-0.05, 0) is 50.8 Å². The lowest BCUT2D eigenvalue weighted by Crippen LogP contribution is -2.27. The zero-order valence-electron chi connectivity index (χ0n) is 14.8. The van der Waals surface area contributed by atoms with Crippen LogP contribution in [0.2, 0.25) is 0 Å². The Morgan fingerprint density at radius 2 is 1.73 bits per heavy atom. The number of nitrogens with zero attached hydrogens (tertiary/aromatic N) is 1. The molecule has 7 heteroatoms. The summed E-state index contributed by atoms with van der Waals surface area (Å²) in [5, 5.41) is 5.35. The molecule has 142 valence electrons. The molecular weight excluding hydrogens is 346 g/mol. The van der Waals surface area contributed by atoms with Crippen molar-refractivity contribution in [2.24, 2.45) is 0 Å². The van der Waals surface area contributed by atoms with Crippen molar-refractivity contribution in [1.29, 1.82) is 0 Å². The second kappa shape index (κ2) is 8.89. The minimum Gasteiger partial charge on any atom is -0.383 e. The molecule has 0 fully saturated rings. The molecule has 2 aromatic carbocycles. The van der Waals surface area contributed by atoms with E-state index in [-0.39, 0.29) is 16.9 Å². The van der Waals surface area contributed by atoms with Crippen molar-refractivity contribution in [3.63, 3.8) is 0 Å². The fraction of sp³-hybridized carbons (Fsp3) is 0.368. The van der Waals surface area contributed by atoms with Gasteiger partial charge in [-0.3, -0.25) is 0 Å². The first-order valence-electron chi connectivity index (χ1n) is 8.33. The van der Waals surface area contributed by atoms with Crippen LogP contribution in [0.15, 0.2) is 48.5 Å². The van der Waals surface area contributed by atoms with E-state index in [9.17, 15) is 17.6 Å². The lowest BCUT2D eigenvalue weighted by Gasteiger charge is -2.23. The number of alkyl halides is 3. The molecule has 0 spiro atoms. The van der Waals surface area contributed by atoms with Gasteiger partial charge in [-0.25, -0.2) is 4.39 Å². The second-order valence-corrected chi connectivity index (χ2v) is 6.31.